The van der Waals surface area contributed by atoms with Crippen molar-refractivity contribution in [2.45, 2.75) is 78.0 Å². The van der Waals surface area contributed by atoms with Crippen LogP contribution in [-0.4, -0.2) is 65.9 Å². The number of benzene rings is 1. The van der Waals surface area contributed by atoms with Gasteiger partial charge in [-0.2, -0.15) is 0 Å². The third kappa shape index (κ3) is 9.13. The number of esters is 1. The van der Waals surface area contributed by atoms with Gasteiger partial charge in [0, 0.05) is 25.6 Å². The fraction of sp³-hybridized carbons (Fsp3) is 0.680. The van der Waals surface area contributed by atoms with E-state index in [0.717, 1.165) is 12.8 Å². The Morgan fingerprint density at radius 1 is 1.14 bits per heavy atom. The lowest BCUT2D eigenvalue weighted by atomic mass is 9.96. The maximum atomic E-state index is 13.0. The molecule has 10 nitrogen and oxygen atoms in total. The molecule has 0 bridgehead atoms. The van der Waals surface area contributed by atoms with Crippen molar-refractivity contribution in [3.63, 3.8) is 0 Å². The lowest BCUT2D eigenvalue weighted by Crippen LogP contribution is -2.47. The van der Waals surface area contributed by atoms with Crippen molar-refractivity contribution in [2.24, 2.45) is 5.92 Å². The van der Waals surface area contributed by atoms with E-state index in [1.54, 1.807) is 25.7 Å². The lowest BCUT2D eigenvalue weighted by Gasteiger charge is -2.34. The normalized spacial score (nSPS) is 15.8. The Morgan fingerprint density at radius 3 is 2.22 bits per heavy atom. The van der Waals surface area contributed by atoms with Crippen LogP contribution in [0.3, 0.4) is 0 Å². The summed E-state index contributed by atoms with van der Waals surface area (Å²) in [5.74, 6) is -0.130. The van der Waals surface area contributed by atoms with Gasteiger partial charge in [0.25, 0.3) is 0 Å². The highest BCUT2D eigenvalue weighted by Gasteiger charge is 2.30. The number of hydrogen-bond donors (Lipinski definition) is 1. The minimum atomic E-state index is -0.725. The fourth-order valence-corrected chi connectivity index (χ4v) is 4.07. The predicted octanol–water partition coefficient (Wildman–Crippen LogP) is 4.75. The molecule has 0 spiro atoms. The second-order valence-corrected chi connectivity index (χ2v) is 11.4. The molecule has 1 heterocycles. The number of rotatable bonds is 8. The summed E-state index contributed by atoms with van der Waals surface area (Å²) in [6.07, 6.45) is 1.37. The molecule has 0 aromatic heterocycles. The SMILES string of the molecule is COc1cc(CC(NCC2CCN(C(=O)OC(C)(C)C)CC2)C(=O)OC(C)(C)C)c(Cl)cc1[N+](=O)[O-]. The molecule has 1 fully saturated rings. The minimum Gasteiger partial charge on any atom is -0.490 e. The first-order valence-corrected chi connectivity index (χ1v) is 12.4. The van der Waals surface area contributed by atoms with Gasteiger partial charge in [-0.05, 0) is 78.5 Å². The van der Waals surface area contributed by atoms with Gasteiger partial charge >= 0.3 is 17.7 Å². The summed E-state index contributed by atoms with van der Waals surface area (Å²) >= 11 is 6.34. The largest absolute Gasteiger partial charge is 0.490 e. The van der Waals surface area contributed by atoms with Gasteiger partial charge in [0.2, 0.25) is 0 Å². The molecule has 1 aliphatic heterocycles. The Bertz CT molecular complexity index is 948. The number of hydrogen-bond acceptors (Lipinski definition) is 8. The zero-order chi connectivity index (χ0) is 27.3. The summed E-state index contributed by atoms with van der Waals surface area (Å²) in [6, 6.07) is 1.99. The Hall–Kier alpha value is -2.59. The molecule has 1 amide bonds. The van der Waals surface area contributed by atoms with Gasteiger partial charge in [0.1, 0.15) is 17.2 Å². The van der Waals surface area contributed by atoms with Crippen LogP contribution in [-0.2, 0) is 20.7 Å². The quantitative estimate of drug-likeness (QED) is 0.292. The number of nitrogens with zero attached hydrogens (tertiary/aromatic N) is 2. The number of carbonyl (C=O) groups is 2. The molecule has 11 heteroatoms. The zero-order valence-corrected chi connectivity index (χ0v) is 22.9. The molecule has 1 N–H and O–H groups in total. The van der Waals surface area contributed by atoms with Crippen LogP contribution in [0.2, 0.25) is 5.02 Å². The van der Waals surface area contributed by atoms with Crippen molar-refractivity contribution in [1.82, 2.24) is 10.2 Å². The maximum absolute atomic E-state index is 13.0. The molecular formula is C25H38ClN3O7. The highest BCUT2D eigenvalue weighted by atomic mass is 35.5. The average Bonchev–Trinajstić information content (AvgIpc) is 2.75. The fourth-order valence-electron chi connectivity index (χ4n) is 3.83. The van der Waals surface area contributed by atoms with E-state index in [9.17, 15) is 19.7 Å². The van der Waals surface area contributed by atoms with Crippen LogP contribution in [0.4, 0.5) is 10.5 Å². The van der Waals surface area contributed by atoms with Crippen LogP contribution in [0, 0.1) is 16.0 Å². The Morgan fingerprint density at radius 2 is 1.72 bits per heavy atom. The topological polar surface area (TPSA) is 120 Å². The van der Waals surface area contributed by atoms with Crippen molar-refractivity contribution in [1.29, 1.82) is 0 Å². The molecule has 1 saturated heterocycles. The number of amides is 1. The van der Waals surface area contributed by atoms with Crippen molar-refractivity contribution in [2.75, 3.05) is 26.7 Å². The molecule has 1 unspecified atom stereocenters. The summed E-state index contributed by atoms with van der Waals surface area (Å²) in [5.41, 5.74) is -0.947. The monoisotopic (exact) mass is 527 g/mol. The molecule has 36 heavy (non-hydrogen) atoms. The average molecular weight is 528 g/mol. The van der Waals surface area contributed by atoms with Gasteiger partial charge in [-0.25, -0.2) is 4.79 Å². The van der Waals surface area contributed by atoms with Gasteiger partial charge in [-0.3, -0.25) is 14.9 Å². The van der Waals surface area contributed by atoms with Crippen molar-refractivity contribution in [3.8, 4) is 5.75 Å². The van der Waals surface area contributed by atoms with Crippen LogP contribution in [0.15, 0.2) is 12.1 Å². The molecule has 1 aromatic carbocycles. The van der Waals surface area contributed by atoms with Crippen LogP contribution < -0.4 is 10.1 Å². The summed E-state index contributed by atoms with van der Waals surface area (Å²) in [5, 5.41) is 14.8. The first-order valence-electron chi connectivity index (χ1n) is 12.0. The Labute approximate surface area is 217 Å². The van der Waals surface area contributed by atoms with Crippen molar-refractivity contribution < 1.29 is 28.7 Å². The number of methoxy groups -OCH3 is 1. The van der Waals surface area contributed by atoms with Gasteiger partial charge in [0.05, 0.1) is 17.1 Å². The molecule has 2 rings (SSSR count). The zero-order valence-electron chi connectivity index (χ0n) is 22.2. The third-order valence-corrected chi connectivity index (χ3v) is 5.93. The van der Waals surface area contributed by atoms with E-state index in [1.165, 1.54) is 19.2 Å². The van der Waals surface area contributed by atoms with E-state index in [1.807, 2.05) is 20.8 Å². The molecule has 1 aliphatic rings. The Balaban J connectivity index is 2.10. The van der Waals surface area contributed by atoms with Crippen molar-refractivity contribution in [3.05, 3.63) is 32.8 Å². The molecule has 0 saturated carbocycles. The third-order valence-electron chi connectivity index (χ3n) is 5.58. The maximum Gasteiger partial charge on any atom is 0.410 e. The summed E-state index contributed by atoms with van der Waals surface area (Å²) in [6.45, 7) is 12.6. The minimum absolute atomic E-state index is 0.0665. The summed E-state index contributed by atoms with van der Waals surface area (Å²) in [7, 11) is 1.34. The number of halogens is 1. The highest BCUT2D eigenvalue weighted by molar-refractivity contribution is 6.31. The number of ether oxygens (including phenoxy) is 3. The number of piperidine rings is 1. The molecule has 1 aromatic rings. The van der Waals surface area contributed by atoms with Crippen LogP contribution in [0.5, 0.6) is 5.75 Å². The first-order chi connectivity index (χ1) is 16.6. The van der Waals surface area contributed by atoms with Crippen LogP contribution in [0.1, 0.15) is 59.9 Å². The van der Waals surface area contributed by atoms with E-state index in [2.05, 4.69) is 5.32 Å². The molecule has 202 valence electrons. The number of nitro groups is 1. The number of nitrogens with one attached hydrogen (secondary N) is 1. The van der Waals surface area contributed by atoms with E-state index in [-0.39, 0.29) is 34.9 Å². The van der Waals surface area contributed by atoms with Gasteiger partial charge in [-0.15, -0.1) is 0 Å². The van der Waals surface area contributed by atoms with E-state index < -0.39 is 28.1 Å². The van der Waals surface area contributed by atoms with Crippen LogP contribution >= 0.6 is 11.6 Å². The van der Waals surface area contributed by atoms with Crippen LogP contribution in [0.25, 0.3) is 0 Å². The highest BCUT2D eigenvalue weighted by Crippen LogP contribution is 2.33. The predicted molar refractivity (Wildman–Crippen MR) is 137 cm³/mol. The number of carbonyl (C=O) groups excluding carboxylic acids is 2. The summed E-state index contributed by atoms with van der Waals surface area (Å²) < 4.78 is 16.2. The standard InChI is InChI=1S/C25H38ClN3O7/c1-24(2,3)35-22(30)19(12-17-13-21(34-7)20(29(32)33)14-18(17)26)27-15-16-8-10-28(11-9-16)23(31)36-25(4,5)6/h13-14,16,19,27H,8-12,15H2,1-7H3. The number of nitro benzene ring substituents is 1. The van der Waals surface area contributed by atoms with E-state index in [0.29, 0.717) is 25.2 Å². The molecule has 0 aliphatic carbocycles. The first kappa shape index (κ1) is 29.6. The van der Waals surface area contributed by atoms with E-state index in [4.69, 9.17) is 25.8 Å². The molecule has 0 radical (unpaired) electrons. The Kier molecular flexibility index (Phi) is 9.96. The second-order valence-electron chi connectivity index (χ2n) is 11.0. The van der Waals surface area contributed by atoms with Crippen molar-refractivity contribution >= 4 is 29.4 Å². The second kappa shape index (κ2) is 12.1. The van der Waals surface area contributed by atoms with E-state index >= 15 is 0 Å². The van der Waals surface area contributed by atoms with Gasteiger partial charge in [-0.1, -0.05) is 11.6 Å². The molecular weight excluding hydrogens is 490 g/mol. The van der Waals surface area contributed by atoms with Gasteiger partial charge < -0.3 is 24.4 Å². The lowest BCUT2D eigenvalue weighted by molar-refractivity contribution is -0.385. The smallest absolute Gasteiger partial charge is 0.410 e. The van der Waals surface area contributed by atoms with Gasteiger partial charge in [0.15, 0.2) is 5.75 Å². The molecule has 1 atom stereocenters. The number of likely N-dealkylation sites (tertiary alicyclic amines) is 1. The summed E-state index contributed by atoms with van der Waals surface area (Å²) in [4.78, 5) is 37.8.